The molecule has 2 aromatic carbocycles. The monoisotopic (exact) mass is 918 g/mol. The molecule has 3 amide bonds. The molecule has 6 atom stereocenters. The number of anilines is 2. The van der Waals surface area contributed by atoms with Crippen LogP contribution in [0.2, 0.25) is 10.0 Å². The molecule has 4 aliphatic rings. The van der Waals surface area contributed by atoms with Crippen LogP contribution in [-0.2, 0) is 26.7 Å². The first-order valence-electron chi connectivity index (χ1n) is 19.4. The summed E-state index contributed by atoms with van der Waals surface area (Å²) in [5.74, 6) is -0.553. The van der Waals surface area contributed by atoms with Crippen LogP contribution in [0.15, 0.2) is 36.4 Å². The summed E-state index contributed by atoms with van der Waals surface area (Å²) in [7, 11) is 0. The third-order valence-corrected chi connectivity index (χ3v) is 10.9. The van der Waals surface area contributed by atoms with E-state index in [-0.39, 0.29) is 64.6 Å². The van der Waals surface area contributed by atoms with Gasteiger partial charge in [0, 0.05) is 54.1 Å². The van der Waals surface area contributed by atoms with Crippen LogP contribution in [0.25, 0.3) is 0 Å². The Balaban J connectivity index is 0.000000267. The first kappa shape index (κ1) is 49.2. The number of hydrogen-bond donors (Lipinski definition) is 5. The molecule has 60 heavy (non-hydrogen) atoms. The number of aliphatic hydroxyl groups excluding tert-OH is 2. The van der Waals surface area contributed by atoms with E-state index in [1.54, 1.807) is 25.7 Å². The van der Waals surface area contributed by atoms with Gasteiger partial charge in [-0.3, -0.25) is 9.59 Å². The lowest BCUT2D eigenvalue weighted by atomic mass is 9.96. The normalized spacial score (nSPS) is 25.4. The van der Waals surface area contributed by atoms with E-state index in [4.69, 9.17) is 27.9 Å². The van der Waals surface area contributed by atoms with Crippen molar-refractivity contribution in [2.45, 2.75) is 114 Å². The van der Waals surface area contributed by atoms with Crippen LogP contribution in [0.4, 0.5) is 42.5 Å². The highest BCUT2D eigenvalue weighted by molar-refractivity contribution is 6.31. The summed E-state index contributed by atoms with van der Waals surface area (Å²) in [5, 5.41) is 29.5. The third-order valence-electron chi connectivity index (χ3n) is 10.5. The zero-order chi connectivity index (χ0) is 43.4. The molecule has 0 spiro atoms. The van der Waals surface area contributed by atoms with Gasteiger partial charge in [0.25, 0.3) is 0 Å². The number of halogens is 9. The summed E-state index contributed by atoms with van der Waals surface area (Å²) >= 11 is 11.7. The molecular formula is C39H51Cl3F6N6O6. The average Bonchev–Trinajstić information content (AvgIpc) is 3.12. The molecule has 2 aromatic rings. The summed E-state index contributed by atoms with van der Waals surface area (Å²) in [6.07, 6.45) is -7.94. The number of hydrogen-bond acceptors (Lipinski definition) is 9. The Kier molecular flexibility index (Phi) is 16.6. The van der Waals surface area contributed by atoms with Crippen molar-refractivity contribution in [3.8, 4) is 0 Å². The predicted molar refractivity (Wildman–Crippen MR) is 216 cm³/mol. The largest absolute Gasteiger partial charge is 0.444 e. The second-order valence-corrected chi connectivity index (χ2v) is 17.0. The lowest BCUT2D eigenvalue weighted by Gasteiger charge is -2.45. The summed E-state index contributed by atoms with van der Waals surface area (Å²) in [6.45, 7) is 7.80. The van der Waals surface area contributed by atoms with Crippen molar-refractivity contribution in [1.29, 1.82) is 0 Å². The number of amides is 3. The minimum Gasteiger partial charge on any atom is -0.444 e. The highest BCUT2D eigenvalue weighted by Gasteiger charge is 2.42. The smallest absolute Gasteiger partial charge is 0.416 e. The van der Waals surface area contributed by atoms with Crippen LogP contribution in [0.1, 0.15) is 70.4 Å². The summed E-state index contributed by atoms with van der Waals surface area (Å²) in [6, 6.07) is 3.89. The number of nitrogens with one attached hydrogen (secondary N) is 3. The Hall–Kier alpha value is -3.42. The average molecular weight is 920 g/mol. The Morgan fingerprint density at radius 2 is 1.20 bits per heavy atom. The molecule has 0 radical (unpaired) electrons. The van der Waals surface area contributed by atoms with Gasteiger partial charge >= 0.3 is 18.4 Å². The fourth-order valence-electron chi connectivity index (χ4n) is 7.67. The van der Waals surface area contributed by atoms with E-state index in [0.29, 0.717) is 64.8 Å². The maximum absolute atomic E-state index is 13.2. The Bertz CT molecular complexity index is 1820. The van der Waals surface area contributed by atoms with Gasteiger partial charge in [-0.1, -0.05) is 23.2 Å². The van der Waals surface area contributed by atoms with Gasteiger partial charge in [-0.15, -0.1) is 12.4 Å². The minimum absolute atomic E-state index is 0. The number of ether oxygens (including phenoxy) is 1. The van der Waals surface area contributed by atoms with Gasteiger partial charge in [-0.2, -0.15) is 26.3 Å². The number of piperidine rings is 4. The highest BCUT2D eigenvalue weighted by atomic mass is 35.5. The van der Waals surface area contributed by atoms with Crippen LogP contribution in [0.5, 0.6) is 0 Å². The second-order valence-electron chi connectivity index (χ2n) is 16.2. The predicted octanol–water partition coefficient (Wildman–Crippen LogP) is 7.04. The molecule has 0 aromatic heterocycles. The number of carbonyl (C=O) groups is 3. The Morgan fingerprint density at radius 1 is 0.733 bits per heavy atom. The third kappa shape index (κ3) is 13.0. The quantitative estimate of drug-likeness (QED) is 0.193. The first-order chi connectivity index (χ1) is 27.5. The number of likely N-dealkylation sites (tertiary alicyclic amines) is 3. The molecule has 21 heteroatoms. The van der Waals surface area contributed by atoms with Crippen LogP contribution < -0.4 is 16.0 Å². The SMILES string of the molecule is CC(C)(C)OC(=O)N1CC[C@H](O)[C@@H](N2CCC[C@@H](Nc3cc(Cl)cc(C(F)(F)F)c3)C2=O)C1.Cl.O=C1[C@H](Nc2cc(Cl)cc(C(F)(F)F)c2)CCCN1[C@H]1CNCC[C@@H]1O. The molecule has 4 saturated heterocycles. The van der Waals surface area contributed by atoms with Gasteiger partial charge in [0.05, 0.1) is 35.4 Å². The Labute approximate surface area is 360 Å². The second kappa shape index (κ2) is 20.2. The molecule has 12 nitrogen and oxygen atoms in total. The van der Waals surface area contributed by atoms with Crippen molar-refractivity contribution in [1.82, 2.24) is 20.0 Å². The van der Waals surface area contributed by atoms with Gasteiger partial charge in [-0.05, 0) is 102 Å². The number of nitrogens with zero attached hydrogens (tertiary/aromatic N) is 3. The molecule has 4 heterocycles. The van der Waals surface area contributed by atoms with Crippen molar-refractivity contribution < 1.29 is 55.7 Å². The van der Waals surface area contributed by atoms with Crippen molar-refractivity contribution in [2.24, 2.45) is 0 Å². The van der Waals surface area contributed by atoms with E-state index in [0.717, 1.165) is 24.3 Å². The van der Waals surface area contributed by atoms with Crippen molar-refractivity contribution in [3.05, 3.63) is 57.6 Å². The standard InChI is InChI=1S/C22H29ClF3N3O4.C17H21ClF3N3O2.ClH/c1-21(2,3)33-20(32)28-8-6-18(30)17(12-28)29-7-4-5-16(19(29)31)27-15-10-13(22(24,25)26)9-14(23)11-15;18-11-6-10(17(19,20)21)7-12(8-11)23-13-2-1-5-24(16(13)26)14-9-22-4-3-15(14)25;/h9-11,16-18,27,30H,4-8,12H2,1-3H3;6-8,13-15,22-23,25H,1-5,9H2;1H/t16-,17+,18+;13-,14+,15+;/m11./s1. The van der Waals surface area contributed by atoms with Crippen LogP contribution in [0, 0.1) is 0 Å². The molecule has 0 unspecified atom stereocenters. The molecule has 6 rings (SSSR count). The van der Waals surface area contributed by atoms with Crippen molar-refractivity contribution in [3.63, 3.8) is 0 Å². The van der Waals surface area contributed by atoms with E-state index < -0.39 is 65.5 Å². The van der Waals surface area contributed by atoms with Crippen molar-refractivity contribution >= 4 is 64.9 Å². The number of carbonyl (C=O) groups excluding carboxylic acids is 3. The van der Waals surface area contributed by atoms with Gasteiger partial charge < -0.3 is 45.6 Å². The lowest BCUT2D eigenvalue weighted by Crippen LogP contribution is -2.62. The summed E-state index contributed by atoms with van der Waals surface area (Å²) in [5.41, 5.74) is -2.19. The maximum Gasteiger partial charge on any atom is 0.416 e. The van der Waals surface area contributed by atoms with Gasteiger partial charge in [0.15, 0.2) is 0 Å². The highest BCUT2D eigenvalue weighted by Crippen LogP contribution is 2.36. The maximum atomic E-state index is 13.2. The van der Waals surface area contributed by atoms with E-state index in [1.165, 1.54) is 21.9 Å². The molecule has 0 saturated carbocycles. The topological polar surface area (TPSA) is 147 Å². The van der Waals surface area contributed by atoms with E-state index in [9.17, 15) is 50.9 Å². The molecule has 5 N–H and O–H groups in total. The Morgan fingerprint density at radius 3 is 1.65 bits per heavy atom. The number of aliphatic hydroxyl groups is 2. The molecule has 336 valence electrons. The van der Waals surface area contributed by atoms with Crippen molar-refractivity contribution in [2.75, 3.05) is 49.9 Å². The molecule has 0 bridgehead atoms. The number of rotatable bonds is 6. The fraction of sp³-hybridized carbons (Fsp3) is 0.615. The molecule has 0 aliphatic carbocycles. The van der Waals surface area contributed by atoms with Gasteiger partial charge in [-0.25, -0.2) is 4.79 Å². The van der Waals surface area contributed by atoms with E-state index in [1.807, 2.05) is 0 Å². The number of benzene rings is 2. The first-order valence-corrected chi connectivity index (χ1v) is 20.2. The molecule has 4 aliphatic heterocycles. The fourth-order valence-corrected chi connectivity index (χ4v) is 8.14. The summed E-state index contributed by atoms with van der Waals surface area (Å²) in [4.78, 5) is 43.1. The van der Waals surface area contributed by atoms with E-state index in [2.05, 4.69) is 16.0 Å². The van der Waals surface area contributed by atoms with E-state index >= 15 is 0 Å². The number of alkyl halides is 6. The van der Waals surface area contributed by atoms with Crippen LogP contribution in [-0.4, -0.2) is 124 Å². The van der Waals surface area contributed by atoms with Gasteiger partial charge in [0.1, 0.15) is 17.7 Å². The lowest BCUT2D eigenvalue weighted by molar-refractivity contribution is -0.142. The molecule has 4 fully saturated rings. The summed E-state index contributed by atoms with van der Waals surface area (Å²) < 4.78 is 83.6. The van der Waals surface area contributed by atoms with Gasteiger partial charge in [0.2, 0.25) is 11.8 Å². The zero-order valence-corrected chi connectivity index (χ0v) is 35.5. The minimum atomic E-state index is -4.57. The van der Waals surface area contributed by atoms with Crippen LogP contribution >= 0.6 is 35.6 Å². The van der Waals surface area contributed by atoms with Crippen LogP contribution in [0.3, 0.4) is 0 Å². The zero-order valence-electron chi connectivity index (χ0n) is 33.2. The molecular weight excluding hydrogens is 869 g/mol.